The molecule has 2 heterocycles. The Morgan fingerprint density at radius 1 is 0.963 bits per heavy atom. The normalized spacial score (nSPS) is 22.0. The summed E-state index contributed by atoms with van der Waals surface area (Å²) in [4.78, 5) is 31.3. The first-order valence-electron chi connectivity index (χ1n) is 10.5. The number of rotatable bonds is 4. The molecule has 2 aliphatic heterocycles. The Balaban J connectivity index is 1.29. The molecular weight excluding hydrogens is 338 g/mol. The number of hydrogen-bond acceptors (Lipinski definition) is 4. The maximum atomic E-state index is 12.8. The van der Waals surface area contributed by atoms with Crippen molar-refractivity contribution in [1.82, 2.24) is 14.7 Å². The van der Waals surface area contributed by atoms with Crippen LogP contribution in [0, 0.1) is 0 Å². The number of carbonyl (C=O) groups is 2. The van der Waals surface area contributed by atoms with E-state index in [1.165, 1.54) is 30.4 Å². The Morgan fingerprint density at radius 3 is 2.30 bits per heavy atom. The molecule has 5 heteroatoms. The lowest BCUT2D eigenvalue weighted by Gasteiger charge is -2.43. The number of carbonyl (C=O) groups excluding carboxylic acids is 2. The van der Waals surface area contributed by atoms with Crippen LogP contribution in [0.15, 0.2) is 18.2 Å². The molecule has 1 aromatic carbocycles. The van der Waals surface area contributed by atoms with Gasteiger partial charge in [0.1, 0.15) is 0 Å². The first kappa shape index (κ1) is 18.6. The third-order valence-corrected chi connectivity index (χ3v) is 6.62. The number of hydrogen-bond donors (Lipinski definition) is 0. The molecule has 1 saturated carbocycles. The van der Waals surface area contributed by atoms with Crippen LogP contribution >= 0.6 is 0 Å². The van der Waals surface area contributed by atoms with Crippen molar-refractivity contribution in [3.05, 3.63) is 34.9 Å². The molecule has 0 spiro atoms. The van der Waals surface area contributed by atoms with Gasteiger partial charge in [-0.2, -0.15) is 0 Å². The van der Waals surface area contributed by atoms with Crippen LogP contribution < -0.4 is 0 Å². The molecule has 0 aromatic heterocycles. The summed E-state index contributed by atoms with van der Waals surface area (Å²) in [6.45, 7) is 7.79. The largest absolute Gasteiger partial charge is 0.339 e. The second-order valence-corrected chi connectivity index (χ2v) is 8.32. The first-order valence-corrected chi connectivity index (χ1v) is 10.5. The van der Waals surface area contributed by atoms with Crippen LogP contribution in [0.4, 0.5) is 0 Å². The van der Waals surface area contributed by atoms with E-state index in [1.54, 1.807) is 6.92 Å². The van der Waals surface area contributed by atoms with Crippen molar-refractivity contribution in [1.29, 1.82) is 0 Å². The molecular formula is C22H31N3O2. The number of benzene rings is 1. The highest BCUT2D eigenvalue weighted by molar-refractivity contribution is 5.94. The molecule has 0 bridgehead atoms. The predicted molar refractivity (Wildman–Crippen MR) is 106 cm³/mol. The van der Waals surface area contributed by atoms with E-state index >= 15 is 0 Å². The van der Waals surface area contributed by atoms with Crippen LogP contribution in [0.25, 0.3) is 0 Å². The van der Waals surface area contributed by atoms with Crippen molar-refractivity contribution in [2.24, 2.45) is 0 Å². The van der Waals surface area contributed by atoms with E-state index in [4.69, 9.17) is 0 Å². The summed E-state index contributed by atoms with van der Waals surface area (Å²) in [6.07, 6.45) is 5.92. The smallest absolute Gasteiger partial charge is 0.236 e. The molecule has 1 aromatic rings. The second-order valence-electron chi connectivity index (χ2n) is 8.32. The molecule has 27 heavy (non-hydrogen) atoms. The fourth-order valence-electron chi connectivity index (χ4n) is 4.53. The van der Waals surface area contributed by atoms with Crippen LogP contribution in [0.5, 0.6) is 0 Å². The Labute approximate surface area is 162 Å². The van der Waals surface area contributed by atoms with Gasteiger partial charge in [0.05, 0.1) is 6.54 Å². The molecule has 0 radical (unpaired) electrons. The summed E-state index contributed by atoms with van der Waals surface area (Å²) in [5.74, 6) is 0.397. The molecule has 0 atom stereocenters. The van der Waals surface area contributed by atoms with Gasteiger partial charge in [0.25, 0.3) is 0 Å². The van der Waals surface area contributed by atoms with Gasteiger partial charge in [0.2, 0.25) is 5.91 Å². The van der Waals surface area contributed by atoms with Crippen LogP contribution in [0.1, 0.15) is 47.7 Å². The number of fused-ring (bicyclic) bond motifs is 1. The zero-order chi connectivity index (χ0) is 18.8. The fourth-order valence-corrected chi connectivity index (χ4v) is 4.53. The number of nitrogens with zero attached hydrogens (tertiary/aromatic N) is 3. The summed E-state index contributed by atoms with van der Waals surface area (Å²) in [5.41, 5.74) is 3.39. The molecule has 0 unspecified atom stereocenters. The van der Waals surface area contributed by atoms with Crippen LogP contribution in [-0.4, -0.2) is 78.2 Å². The zero-order valence-electron chi connectivity index (χ0n) is 16.5. The van der Waals surface area contributed by atoms with E-state index in [1.807, 2.05) is 12.1 Å². The van der Waals surface area contributed by atoms with E-state index in [0.717, 1.165) is 63.7 Å². The molecule has 1 amide bonds. The van der Waals surface area contributed by atoms with Crippen LogP contribution in [0.3, 0.4) is 0 Å². The summed E-state index contributed by atoms with van der Waals surface area (Å²) < 4.78 is 0. The van der Waals surface area contributed by atoms with Gasteiger partial charge in [-0.05, 0) is 49.8 Å². The average Bonchev–Trinajstić information content (AvgIpc) is 2.83. The fraction of sp³-hybridized carbons (Fsp3) is 0.636. The van der Waals surface area contributed by atoms with Crippen molar-refractivity contribution in [2.45, 2.75) is 45.1 Å². The van der Waals surface area contributed by atoms with Crippen molar-refractivity contribution in [2.75, 3.05) is 45.8 Å². The summed E-state index contributed by atoms with van der Waals surface area (Å²) in [5, 5.41) is 0. The molecule has 4 rings (SSSR count). The van der Waals surface area contributed by atoms with Gasteiger partial charge in [-0.25, -0.2) is 0 Å². The maximum absolute atomic E-state index is 12.8. The Morgan fingerprint density at radius 2 is 1.67 bits per heavy atom. The lowest BCUT2D eigenvalue weighted by molar-refractivity contribution is -0.134. The molecule has 1 aliphatic carbocycles. The van der Waals surface area contributed by atoms with Crippen molar-refractivity contribution < 1.29 is 9.59 Å². The molecule has 146 valence electrons. The van der Waals surface area contributed by atoms with Gasteiger partial charge in [-0.1, -0.05) is 18.6 Å². The highest BCUT2D eigenvalue weighted by Crippen LogP contribution is 2.25. The predicted octanol–water partition coefficient (Wildman–Crippen LogP) is 1.99. The second kappa shape index (κ2) is 8.11. The van der Waals surface area contributed by atoms with Crippen LogP contribution in [0.2, 0.25) is 0 Å². The van der Waals surface area contributed by atoms with Crippen molar-refractivity contribution >= 4 is 11.7 Å². The monoisotopic (exact) mass is 369 g/mol. The third kappa shape index (κ3) is 4.25. The lowest BCUT2D eigenvalue weighted by atomic mass is 9.91. The maximum Gasteiger partial charge on any atom is 0.236 e. The van der Waals surface area contributed by atoms with Gasteiger partial charge in [-0.3, -0.25) is 19.4 Å². The van der Waals surface area contributed by atoms with E-state index in [0.29, 0.717) is 6.54 Å². The van der Waals surface area contributed by atoms with Gasteiger partial charge < -0.3 is 4.90 Å². The minimum atomic E-state index is 0.120. The van der Waals surface area contributed by atoms with Gasteiger partial charge in [-0.15, -0.1) is 0 Å². The third-order valence-electron chi connectivity index (χ3n) is 6.62. The molecule has 1 saturated heterocycles. The summed E-state index contributed by atoms with van der Waals surface area (Å²) >= 11 is 0. The Bertz CT molecular complexity index is 706. The summed E-state index contributed by atoms with van der Waals surface area (Å²) in [7, 11) is 0. The van der Waals surface area contributed by atoms with E-state index < -0.39 is 0 Å². The van der Waals surface area contributed by atoms with Gasteiger partial charge in [0.15, 0.2) is 5.78 Å². The topological polar surface area (TPSA) is 43.9 Å². The quantitative estimate of drug-likeness (QED) is 0.762. The van der Waals surface area contributed by atoms with Gasteiger partial charge >= 0.3 is 0 Å². The lowest BCUT2D eigenvalue weighted by Crippen LogP contribution is -2.55. The number of ketones is 1. The molecule has 0 N–H and O–H groups in total. The van der Waals surface area contributed by atoms with E-state index in [9.17, 15) is 9.59 Å². The minimum absolute atomic E-state index is 0.120. The number of Topliss-reactive ketones (excluding diaryl/α,β-unsaturated/α-hetero) is 1. The van der Waals surface area contributed by atoms with E-state index in [2.05, 4.69) is 20.8 Å². The Kier molecular flexibility index (Phi) is 5.60. The standard InChI is InChI=1S/C22H31N3O2/c1-17(26)19-6-5-18-7-9-23(10-8-20(18)15-19)16-22(27)25-13-11-24(12-14-25)21-3-2-4-21/h5-6,15,21H,2-4,7-14,16H2,1H3. The first-order chi connectivity index (χ1) is 13.1. The van der Waals surface area contributed by atoms with Gasteiger partial charge in [0, 0.05) is 50.9 Å². The highest BCUT2D eigenvalue weighted by Gasteiger charge is 2.29. The van der Waals surface area contributed by atoms with Crippen molar-refractivity contribution in [3.8, 4) is 0 Å². The zero-order valence-corrected chi connectivity index (χ0v) is 16.5. The van der Waals surface area contributed by atoms with Crippen molar-refractivity contribution in [3.63, 3.8) is 0 Å². The highest BCUT2D eigenvalue weighted by atomic mass is 16.2. The molecule has 3 aliphatic rings. The number of piperazine rings is 1. The number of amides is 1. The summed E-state index contributed by atoms with van der Waals surface area (Å²) in [6, 6.07) is 6.86. The SMILES string of the molecule is CC(=O)c1ccc2c(c1)CCN(CC(=O)N1CCN(C3CCC3)CC1)CC2. The average molecular weight is 370 g/mol. The van der Waals surface area contributed by atoms with Crippen LogP contribution in [-0.2, 0) is 17.6 Å². The molecule has 2 fully saturated rings. The van der Waals surface area contributed by atoms with E-state index in [-0.39, 0.29) is 11.7 Å². The molecule has 5 nitrogen and oxygen atoms in total. The Hall–Kier alpha value is -1.72. The minimum Gasteiger partial charge on any atom is -0.339 e.